The van der Waals surface area contributed by atoms with E-state index in [1.807, 2.05) is 36.4 Å². The third kappa shape index (κ3) is 3.00. The molecule has 2 heterocycles. The third-order valence-electron chi connectivity index (χ3n) is 3.86. The highest BCUT2D eigenvalue weighted by Crippen LogP contribution is 2.30. The number of hydrogen-bond acceptors (Lipinski definition) is 5. The maximum atomic E-state index is 11.8. The number of para-hydroxylation sites is 1. The molecule has 4 rings (SSSR count). The van der Waals surface area contributed by atoms with Crippen LogP contribution in [-0.2, 0) is 0 Å². The van der Waals surface area contributed by atoms with Crippen LogP contribution in [0.25, 0.3) is 22.4 Å². The lowest BCUT2D eigenvalue weighted by molar-refractivity contribution is 0.198. The van der Waals surface area contributed by atoms with E-state index in [-0.39, 0.29) is 0 Å². The van der Waals surface area contributed by atoms with E-state index >= 15 is 0 Å². The van der Waals surface area contributed by atoms with Crippen molar-refractivity contribution in [2.75, 3.05) is 5.73 Å². The summed E-state index contributed by atoms with van der Waals surface area (Å²) in [5.74, 6) is 0.365. The molecule has 0 aliphatic carbocycles. The Bertz CT molecular complexity index is 1110. The van der Waals surface area contributed by atoms with Gasteiger partial charge in [0.1, 0.15) is 5.03 Å². The fourth-order valence-electron chi connectivity index (χ4n) is 2.70. The molecule has 2 aromatic heterocycles. The topological polar surface area (TPSA) is 94.0 Å². The van der Waals surface area contributed by atoms with Gasteiger partial charge in [-0.05, 0) is 42.5 Å². The van der Waals surface area contributed by atoms with Crippen molar-refractivity contribution in [3.05, 3.63) is 66.9 Å². The summed E-state index contributed by atoms with van der Waals surface area (Å²) in [6.07, 6.45) is 0.563. The number of anilines is 1. The van der Waals surface area contributed by atoms with E-state index in [0.717, 1.165) is 15.3 Å². The zero-order valence-corrected chi connectivity index (χ0v) is 14.4. The van der Waals surface area contributed by atoms with Gasteiger partial charge in [-0.1, -0.05) is 30.0 Å². The number of carboxylic acid groups (broad SMARTS) is 1. The minimum Gasteiger partial charge on any atom is -0.464 e. The zero-order valence-electron chi connectivity index (χ0n) is 13.5. The molecule has 0 amide bonds. The van der Waals surface area contributed by atoms with E-state index in [4.69, 9.17) is 5.73 Å². The molecule has 0 fully saturated rings. The van der Waals surface area contributed by atoms with Crippen molar-refractivity contribution in [1.82, 2.24) is 14.5 Å². The highest BCUT2D eigenvalue weighted by atomic mass is 32.2. The van der Waals surface area contributed by atoms with Crippen molar-refractivity contribution < 1.29 is 9.90 Å². The number of aromatic nitrogens is 3. The molecule has 0 aliphatic rings. The molecule has 0 bridgehead atoms. The molecule has 0 saturated heterocycles. The van der Waals surface area contributed by atoms with Crippen molar-refractivity contribution >= 4 is 34.4 Å². The van der Waals surface area contributed by atoms with Crippen LogP contribution in [0.5, 0.6) is 0 Å². The molecular weight excluding hydrogens is 348 g/mol. The van der Waals surface area contributed by atoms with Crippen molar-refractivity contribution in [2.24, 2.45) is 0 Å². The minimum absolute atomic E-state index is 0.365. The van der Waals surface area contributed by atoms with E-state index in [1.165, 1.54) is 16.3 Å². The van der Waals surface area contributed by atoms with Crippen LogP contribution < -0.4 is 5.73 Å². The molecule has 0 spiro atoms. The van der Waals surface area contributed by atoms with Gasteiger partial charge in [-0.2, -0.15) is 0 Å². The number of hydrogen-bond donors (Lipinski definition) is 2. The summed E-state index contributed by atoms with van der Waals surface area (Å²) in [7, 11) is 0. The molecule has 6 nitrogen and oxygen atoms in total. The quantitative estimate of drug-likeness (QED) is 0.415. The first-order chi connectivity index (χ1) is 12.6. The van der Waals surface area contributed by atoms with Crippen molar-refractivity contribution in [3.63, 3.8) is 0 Å². The molecule has 0 atom stereocenters. The lowest BCUT2D eigenvalue weighted by Crippen LogP contribution is -2.10. The molecule has 0 saturated carbocycles. The van der Waals surface area contributed by atoms with E-state index in [2.05, 4.69) is 9.97 Å². The molecule has 3 N–H and O–H groups in total. The Morgan fingerprint density at radius 1 is 1.08 bits per heavy atom. The van der Waals surface area contributed by atoms with Gasteiger partial charge >= 0.3 is 6.09 Å². The number of nitrogens with two attached hydrogens (primary N) is 1. The third-order valence-corrected chi connectivity index (χ3v) is 4.81. The van der Waals surface area contributed by atoms with Gasteiger partial charge in [0.05, 0.1) is 11.2 Å². The second-order valence-corrected chi connectivity index (χ2v) is 6.69. The minimum atomic E-state index is -1.07. The van der Waals surface area contributed by atoms with E-state index in [0.29, 0.717) is 22.7 Å². The van der Waals surface area contributed by atoms with Gasteiger partial charge in [-0.25, -0.2) is 19.3 Å². The second kappa shape index (κ2) is 6.53. The molecule has 128 valence electrons. The van der Waals surface area contributed by atoms with E-state index < -0.39 is 6.09 Å². The number of fused-ring (bicyclic) bond motifs is 1. The van der Waals surface area contributed by atoms with E-state index in [1.54, 1.807) is 30.5 Å². The molecule has 0 radical (unpaired) electrons. The number of nitrogens with zero attached hydrogens (tertiary/aromatic N) is 3. The summed E-state index contributed by atoms with van der Waals surface area (Å²) >= 11 is 1.46. The van der Waals surface area contributed by atoms with Gasteiger partial charge in [0.25, 0.3) is 0 Å². The van der Waals surface area contributed by atoms with Crippen LogP contribution in [0.3, 0.4) is 0 Å². The summed E-state index contributed by atoms with van der Waals surface area (Å²) in [5.41, 5.74) is 7.46. The Labute approximate surface area is 153 Å². The summed E-state index contributed by atoms with van der Waals surface area (Å²) in [6.45, 7) is 0. The summed E-state index contributed by atoms with van der Waals surface area (Å²) in [6, 6.07) is 18.4. The highest BCUT2D eigenvalue weighted by Gasteiger charge is 2.17. The predicted molar refractivity (Wildman–Crippen MR) is 101 cm³/mol. The Kier molecular flexibility index (Phi) is 4.06. The molecular formula is C19H14N4O2S. The van der Waals surface area contributed by atoms with Crippen LogP contribution in [-0.4, -0.2) is 25.7 Å². The van der Waals surface area contributed by atoms with Crippen LogP contribution in [0.1, 0.15) is 0 Å². The van der Waals surface area contributed by atoms with E-state index in [9.17, 15) is 9.90 Å². The summed E-state index contributed by atoms with van der Waals surface area (Å²) in [4.78, 5) is 21.6. The van der Waals surface area contributed by atoms with Gasteiger partial charge in [0.2, 0.25) is 0 Å². The number of carbonyl (C=O) groups is 1. The number of rotatable bonds is 3. The molecule has 0 aliphatic heterocycles. The van der Waals surface area contributed by atoms with Crippen molar-refractivity contribution in [1.29, 1.82) is 0 Å². The smallest absolute Gasteiger partial charge is 0.416 e. The number of nitrogen functional groups attached to an aromatic ring is 1. The van der Waals surface area contributed by atoms with Gasteiger partial charge in [-0.15, -0.1) is 0 Å². The Hall–Kier alpha value is -3.32. The first-order valence-corrected chi connectivity index (χ1v) is 8.64. The Morgan fingerprint density at radius 2 is 1.85 bits per heavy atom. The largest absolute Gasteiger partial charge is 0.464 e. The van der Waals surface area contributed by atoms with Crippen LogP contribution >= 0.6 is 11.8 Å². The maximum absolute atomic E-state index is 11.8. The van der Waals surface area contributed by atoms with Crippen molar-refractivity contribution in [3.8, 4) is 11.5 Å². The number of benzene rings is 2. The SMILES string of the molecule is Nc1ccc(Sc2ccnc(-c3cc4ccccc4n3C(=O)O)n2)cc1. The second-order valence-electron chi connectivity index (χ2n) is 5.60. The lowest BCUT2D eigenvalue weighted by atomic mass is 10.2. The first kappa shape index (κ1) is 16.2. The highest BCUT2D eigenvalue weighted by molar-refractivity contribution is 7.99. The average Bonchev–Trinajstić information content (AvgIpc) is 3.04. The monoisotopic (exact) mass is 362 g/mol. The standard InChI is InChI=1S/C19H14N4O2S/c20-13-5-7-14(8-6-13)26-17-9-10-21-18(22-17)16-11-12-3-1-2-4-15(12)23(16)19(24)25/h1-11H,20H2,(H,24,25). The zero-order chi connectivity index (χ0) is 18.1. The van der Waals surface area contributed by atoms with Crippen LogP contribution in [0, 0.1) is 0 Å². The summed E-state index contributed by atoms with van der Waals surface area (Å²) < 4.78 is 1.21. The van der Waals surface area contributed by atoms with Crippen LogP contribution in [0.15, 0.2) is 76.8 Å². The fraction of sp³-hybridized carbons (Fsp3) is 0. The summed E-state index contributed by atoms with van der Waals surface area (Å²) in [5, 5.41) is 11.2. The molecule has 4 aromatic rings. The fourth-order valence-corrected chi connectivity index (χ4v) is 3.48. The lowest BCUT2D eigenvalue weighted by Gasteiger charge is -2.06. The van der Waals surface area contributed by atoms with Gasteiger partial charge in [0.15, 0.2) is 5.82 Å². The van der Waals surface area contributed by atoms with Gasteiger partial charge < -0.3 is 10.8 Å². The molecule has 7 heteroatoms. The normalized spacial score (nSPS) is 10.9. The molecule has 0 unspecified atom stereocenters. The molecule has 2 aromatic carbocycles. The maximum Gasteiger partial charge on any atom is 0.416 e. The van der Waals surface area contributed by atoms with Crippen LogP contribution in [0.2, 0.25) is 0 Å². The van der Waals surface area contributed by atoms with Crippen LogP contribution in [0.4, 0.5) is 10.5 Å². The van der Waals surface area contributed by atoms with Gasteiger partial charge in [-0.3, -0.25) is 0 Å². The predicted octanol–water partition coefficient (Wildman–Crippen LogP) is 4.36. The Balaban J connectivity index is 1.77. The Morgan fingerprint density at radius 3 is 2.62 bits per heavy atom. The molecule has 26 heavy (non-hydrogen) atoms. The first-order valence-electron chi connectivity index (χ1n) is 7.82. The average molecular weight is 362 g/mol. The van der Waals surface area contributed by atoms with Crippen molar-refractivity contribution in [2.45, 2.75) is 9.92 Å². The van der Waals surface area contributed by atoms with Gasteiger partial charge in [0, 0.05) is 22.2 Å².